The van der Waals surface area contributed by atoms with E-state index in [2.05, 4.69) is 15.3 Å². The van der Waals surface area contributed by atoms with E-state index in [0.29, 0.717) is 6.54 Å². The summed E-state index contributed by atoms with van der Waals surface area (Å²) in [6.45, 7) is 2.43. The highest BCUT2D eigenvalue weighted by molar-refractivity contribution is 7.13. The maximum Gasteiger partial charge on any atom is 0.238 e. The van der Waals surface area contributed by atoms with E-state index in [4.69, 9.17) is 0 Å². The van der Waals surface area contributed by atoms with Crippen LogP contribution in [0.5, 0.6) is 0 Å². The van der Waals surface area contributed by atoms with E-state index in [1.807, 2.05) is 30.5 Å². The summed E-state index contributed by atoms with van der Waals surface area (Å²) in [5.74, 6) is 0.0604. The quantitative estimate of drug-likeness (QED) is 0.912. The highest BCUT2D eigenvalue weighted by Gasteiger charge is 2.14. The zero-order chi connectivity index (χ0) is 14.5. The number of rotatable bonds is 5. The molecular formula is C14H18N4OS. The van der Waals surface area contributed by atoms with Crippen LogP contribution in [-0.2, 0) is 11.3 Å². The molecule has 1 atom stereocenters. The van der Waals surface area contributed by atoms with Crippen molar-refractivity contribution in [2.75, 3.05) is 14.1 Å². The molecule has 0 aliphatic heterocycles. The Labute approximate surface area is 122 Å². The molecule has 0 saturated carbocycles. The third-order valence-corrected chi connectivity index (χ3v) is 3.75. The number of nitrogens with zero attached hydrogens (tertiary/aromatic N) is 3. The van der Waals surface area contributed by atoms with Crippen LogP contribution < -0.4 is 5.32 Å². The van der Waals surface area contributed by atoms with E-state index in [-0.39, 0.29) is 11.9 Å². The Hall–Kier alpha value is -1.79. The Morgan fingerprint density at radius 2 is 2.25 bits per heavy atom. The lowest BCUT2D eigenvalue weighted by molar-refractivity contribution is -0.130. The number of carbonyl (C=O) groups excluding carboxylic acids is 1. The lowest BCUT2D eigenvalue weighted by Gasteiger charge is -2.17. The highest BCUT2D eigenvalue weighted by Crippen LogP contribution is 2.21. The van der Waals surface area contributed by atoms with Crippen LogP contribution in [0.3, 0.4) is 0 Å². The Balaban J connectivity index is 1.95. The number of amides is 1. The SMILES string of the molecule is CC(NCc1csc(-c2ccccn2)n1)C(=O)N(C)C. The Kier molecular flexibility index (Phi) is 4.81. The fourth-order valence-corrected chi connectivity index (χ4v) is 2.52. The van der Waals surface area contributed by atoms with Crippen LogP contribution in [0.4, 0.5) is 0 Å². The average molecular weight is 290 g/mol. The van der Waals surface area contributed by atoms with Gasteiger partial charge in [-0.05, 0) is 19.1 Å². The van der Waals surface area contributed by atoms with Crippen molar-refractivity contribution in [3.05, 3.63) is 35.5 Å². The van der Waals surface area contributed by atoms with Crippen LogP contribution in [0.15, 0.2) is 29.8 Å². The molecule has 0 aromatic carbocycles. The van der Waals surface area contributed by atoms with Crippen LogP contribution >= 0.6 is 11.3 Å². The van der Waals surface area contributed by atoms with Gasteiger partial charge in [-0.1, -0.05) is 6.07 Å². The van der Waals surface area contributed by atoms with Crippen LogP contribution in [0.1, 0.15) is 12.6 Å². The first kappa shape index (κ1) is 14.6. The number of thiazole rings is 1. The molecule has 2 aromatic heterocycles. The van der Waals surface area contributed by atoms with Gasteiger partial charge in [0.2, 0.25) is 5.91 Å². The summed E-state index contributed by atoms with van der Waals surface area (Å²) in [5, 5.41) is 6.06. The Bertz CT molecular complexity index is 568. The zero-order valence-electron chi connectivity index (χ0n) is 11.8. The standard InChI is InChI=1S/C14H18N4OS/c1-10(14(19)18(2)3)16-8-11-9-20-13(17-11)12-6-4-5-7-15-12/h4-7,9-10,16H,8H2,1-3H3. The predicted octanol–water partition coefficient (Wildman–Crippen LogP) is 1.77. The minimum absolute atomic E-state index is 0.0604. The molecule has 1 amide bonds. The predicted molar refractivity (Wildman–Crippen MR) is 80.3 cm³/mol. The van der Waals surface area contributed by atoms with E-state index in [9.17, 15) is 4.79 Å². The van der Waals surface area contributed by atoms with Crippen LogP contribution in [0, 0.1) is 0 Å². The van der Waals surface area contributed by atoms with Crippen molar-refractivity contribution >= 4 is 17.2 Å². The van der Waals surface area contributed by atoms with Gasteiger partial charge in [-0.3, -0.25) is 9.78 Å². The largest absolute Gasteiger partial charge is 0.347 e. The summed E-state index contributed by atoms with van der Waals surface area (Å²) in [4.78, 5) is 22.1. The number of pyridine rings is 1. The minimum atomic E-state index is -0.218. The second-order valence-electron chi connectivity index (χ2n) is 4.69. The molecule has 20 heavy (non-hydrogen) atoms. The van der Waals surface area contributed by atoms with Gasteiger partial charge < -0.3 is 10.2 Å². The summed E-state index contributed by atoms with van der Waals surface area (Å²) in [7, 11) is 3.51. The van der Waals surface area contributed by atoms with Gasteiger partial charge in [0.15, 0.2) is 0 Å². The minimum Gasteiger partial charge on any atom is -0.347 e. The monoisotopic (exact) mass is 290 g/mol. The number of nitrogens with one attached hydrogen (secondary N) is 1. The lowest BCUT2D eigenvalue weighted by Crippen LogP contribution is -2.41. The van der Waals surface area contributed by atoms with E-state index >= 15 is 0 Å². The normalized spacial score (nSPS) is 12.2. The first-order valence-corrected chi connectivity index (χ1v) is 7.26. The van der Waals surface area contributed by atoms with E-state index in [0.717, 1.165) is 16.4 Å². The Morgan fingerprint density at radius 3 is 2.90 bits per heavy atom. The number of carbonyl (C=O) groups is 1. The van der Waals surface area contributed by atoms with Gasteiger partial charge in [0.1, 0.15) is 5.01 Å². The molecule has 0 saturated heterocycles. The zero-order valence-corrected chi connectivity index (χ0v) is 12.6. The molecule has 106 valence electrons. The van der Waals surface area contributed by atoms with Gasteiger partial charge >= 0.3 is 0 Å². The summed E-state index contributed by atoms with van der Waals surface area (Å²) >= 11 is 1.56. The summed E-state index contributed by atoms with van der Waals surface area (Å²) in [6.07, 6.45) is 1.76. The number of hydrogen-bond donors (Lipinski definition) is 1. The third kappa shape index (κ3) is 3.61. The van der Waals surface area contributed by atoms with Crippen LogP contribution in [-0.4, -0.2) is 40.9 Å². The Morgan fingerprint density at radius 1 is 1.45 bits per heavy atom. The molecule has 0 spiro atoms. The molecule has 5 nitrogen and oxygen atoms in total. The van der Waals surface area contributed by atoms with Gasteiger partial charge in [0.05, 0.1) is 17.4 Å². The second-order valence-corrected chi connectivity index (χ2v) is 5.55. The molecule has 2 aromatic rings. The molecule has 2 heterocycles. The fourth-order valence-electron chi connectivity index (χ4n) is 1.73. The maximum absolute atomic E-state index is 11.7. The van der Waals surface area contributed by atoms with Crippen molar-refractivity contribution in [2.45, 2.75) is 19.5 Å². The van der Waals surface area contributed by atoms with Gasteiger partial charge in [-0.2, -0.15) is 0 Å². The van der Waals surface area contributed by atoms with Gasteiger partial charge in [0.25, 0.3) is 0 Å². The summed E-state index contributed by atoms with van der Waals surface area (Å²) in [6, 6.07) is 5.55. The van der Waals surface area contributed by atoms with E-state index in [1.165, 1.54) is 0 Å². The lowest BCUT2D eigenvalue weighted by atomic mass is 10.3. The molecular weight excluding hydrogens is 272 g/mol. The van der Waals surface area contributed by atoms with Gasteiger partial charge in [-0.15, -0.1) is 11.3 Å². The van der Waals surface area contributed by atoms with Crippen LogP contribution in [0.2, 0.25) is 0 Å². The number of likely N-dealkylation sites (N-methyl/N-ethyl adjacent to an activating group) is 1. The first-order valence-electron chi connectivity index (χ1n) is 6.38. The second kappa shape index (κ2) is 6.58. The van der Waals surface area contributed by atoms with Crippen molar-refractivity contribution in [3.8, 4) is 10.7 Å². The van der Waals surface area contributed by atoms with Gasteiger partial charge in [0, 0.05) is 32.2 Å². The average Bonchev–Trinajstić information content (AvgIpc) is 2.93. The van der Waals surface area contributed by atoms with Crippen LogP contribution in [0.25, 0.3) is 10.7 Å². The molecule has 0 fully saturated rings. The summed E-state index contributed by atoms with van der Waals surface area (Å²) in [5.41, 5.74) is 1.80. The number of hydrogen-bond acceptors (Lipinski definition) is 5. The smallest absolute Gasteiger partial charge is 0.238 e. The highest BCUT2D eigenvalue weighted by atomic mass is 32.1. The van der Waals surface area contributed by atoms with Crippen molar-refractivity contribution < 1.29 is 4.79 Å². The third-order valence-electron chi connectivity index (χ3n) is 2.84. The molecule has 1 unspecified atom stereocenters. The summed E-state index contributed by atoms with van der Waals surface area (Å²) < 4.78 is 0. The molecule has 6 heteroatoms. The van der Waals surface area contributed by atoms with E-state index < -0.39 is 0 Å². The van der Waals surface area contributed by atoms with Crippen molar-refractivity contribution in [1.82, 2.24) is 20.2 Å². The van der Waals surface area contributed by atoms with Crippen molar-refractivity contribution in [2.24, 2.45) is 0 Å². The molecule has 1 N–H and O–H groups in total. The van der Waals surface area contributed by atoms with Gasteiger partial charge in [-0.25, -0.2) is 4.98 Å². The molecule has 0 aliphatic rings. The van der Waals surface area contributed by atoms with Crippen molar-refractivity contribution in [3.63, 3.8) is 0 Å². The number of aromatic nitrogens is 2. The first-order chi connectivity index (χ1) is 9.58. The molecule has 0 radical (unpaired) electrons. The topological polar surface area (TPSA) is 58.1 Å². The fraction of sp³-hybridized carbons (Fsp3) is 0.357. The molecule has 0 bridgehead atoms. The van der Waals surface area contributed by atoms with E-state index in [1.54, 1.807) is 36.5 Å². The maximum atomic E-state index is 11.7. The molecule has 2 rings (SSSR count). The molecule has 0 aliphatic carbocycles. The van der Waals surface area contributed by atoms with Crippen molar-refractivity contribution in [1.29, 1.82) is 0 Å².